The van der Waals surface area contributed by atoms with Crippen molar-refractivity contribution < 1.29 is 4.74 Å². The van der Waals surface area contributed by atoms with E-state index in [9.17, 15) is 0 Å². The Morgan fingerprint density at radius 3 is 2.58 bits per heavy atom. The molecule has 1 heterocycles. The Labute approximate surface area is 115 Å². The molecule has 1 fully saturated rings. The number of nitrogen functional groups attached to an aromatic ring is 1. The van der Waals surface area contributed by atoms with E-state index in [0.29, 0.717) is 24.2 Å². The van der Waals surface area contributed by atoms with Crippen molar-refractivity contribution in [2.24, 2.45) is 11.8 Å². The van der Waals surface area contributed by atoms with Gasteiger partial charge in [-0.05, 0) is 50.2 Å². The molecule has 2 rings (SSSR count). The minimum absolute atomic E-state index is 0.504. The molecule has 0 aromatic carbocycles. The van der Waals surface area contributed by atoms with Crippen molar-refractivity contribution >= 4 is 11.5 Å². The van der Waals surface area contributed by atoms with E-state index in [-0.39, 0.29) is 0 Å². The molecular formula is C15H25N3O. The van der Waals surface area contributed by atoms with Crippen LogP contribution in [0.25, 0.3) is 0 Å². The Kier molecular flexibility index (Phi) is 4.51. The summed E-state index contributed by atoms with van der Waals surface area (Å²) in [6, 6.07) is 4.29. The van der Waals surface area contributed by atoms with Gasteiger partial charge in [0.1, 0.15) is 5.82 Å². The molecule has 1 aromatic heterocycles. The second-order valence-electron chi connectivity index (χ2n) is 5.78. The second kappa shape index (κ2) is 6.13. The van der Waals surface area contributed by atoms with Crippen molar-refractivity contribution in [1.29, 1.82) is 0 Å². The lowest BCUT2D eigenvalue weighted by atomic mass is 9.80. The van der Waals surface area contributed by atoms with Gasteiger partial charge in [-0.3, -0.25) is 0 Å². The van der Waals surface area contributed by atoms with E-state index in [4.69, 9.17) is 10.5 Å². The fraction of sp³-hybridized carbons (Fsp3) is 0.667. The molecule has 2 unspecified atom stereocenters. The van der Waals surface area contributed by atoms with E-state index in [1.807, 2.05) is 19.1 Å². The highest BCUT2D eigenvalue weighted by molar-refractivity contribution is 5.53. The van der Waals surface area contributed by atoms with Crippen LogP contribution in [0.15, 0.2) is 12.1 Å². The lowest BCUT2D eigenvalue weighted by Gasteiger charge is -2.32. The van der Waals surface area contributed by atoms with Crippen molar-refractivity contribution in [1.82, 2.24) is 4.98 Å². The molecule has 2 atom stereocenters. The summed E-state index contributed by atoms with van der Waals surface area (Å²) in [5.41, 5.74) is 6.43. The molecule has 0 radical (unpaired) electrons. The smallest absolute Gasteiger partial charge is 0.239 e. The fourth-order valence-electron chi connectivity index (χ4n) is 3.06. The van der Waals surface area contributed by atoms with Gasteiger partial charge in [0.15, 0.2) is 0 Å². The number of nitrogens with one attached hydrogen (secondary N) is 1. The third-order valence-corrected chi connectivity index (χ3v) is 3.70. The molecule has 0 amide bonds. The Bertz CT molecular complexity index is 412. The topological polar surface area (TPSA) is 60.2 Å². The van der Waals surface area contributed by atoms with Gasteiger partial charge in [-0.15, -0.1) is 0 Å². The van der Waals surface area contributed by atoms with Gasteiger partial charge in [0.2, 0.25) is 5.88 Å². The number of nitrogens with two attached hydrogens (primary N) is 1. The highest BCUT2D eigenvalue weighted by Crippen LogP contribution is 2.31. The number of hydrogen-bond acceptors (Lipinski definition) is 4. The number of aromatic nitrogens is 1. The van der Waals surface area contributed by atoms with Crippen molar-refractivity contribution in [2.45, 2.75) is 46.1 Å². The van der Waals surface area contributed by atoms with E-state index in [1.165, 1.54) is 19.3 Å². The Hall–Kier alpha value is -1.45. The van der Waals surface area contributed by atoms with Crippen LogP contribution in [0.2, 0.25) is 0 Å². The normalized spacial score (nSPS) is 27.0. The first kappa shape index (κ1) is 14.0. The quantitative estimate of drug-likeness (QED) is 0.875. The van der Waals surface area contributed by atoms with Gasteiger partial charge >= 0.3 is 0 Å². The minimum Gasteiger partial charge on any atom is -0.476 e. The molecular weight excluding hydrogens is 238 g/mol. The predicted molar refractivity (Wildman–Crippen MR) is 79.4 cm³/mol. The predicted octanol–water partition coefficient (Wildman–Crippen LogP) is 3.30. The average Bonchev–Trinajstić information content (AvgIpc) is 2.32. The van der Waals surface area contributed by atoms with Gasteiger partial charge < -0.3 is 15.8 Å². The van der Waals surface area contributed by atoms with Gasteiger partial charge in [-0.2, -0.15) is 4.98 Å². The van der Waals surface area contributed by atoms with Crippen LogP contribution in [-0.2, 0) is 0 Å². The van der Waals surface area contributed by atoms with E-state index in [2.05, 4.69) is 24.1 Å². The Balaban J connectivity index is 2.04. The number of pyridine rings is 1. The maximum atomic E-state index is 5.84. The molecule has 1 saturated carbocycles. The lowest BCUT2D eigenvalue weighted by molar-refractivity contribution is 0.280. The summed E-state index contributed by atoms with van der Waals surface area (Å²) < 4.78 is 5.43. The number of rotatable bonds is 4. The first-order valence-corrected chi connectivity index (χ1v) is 7.24. The second-order valence-corrected chi connectivity index (χ2v) is 5.78. The fourth-order valence-corrected chi connectivity index (χ4v) is 3.06. The van der Waals surface area contributed by atoms with Crippen molar-refractivity contribution in [3.63, 3.8) is 0 Å². The zero-order valence-corrected chi connectivity index (χ0v) is 12.1. The molecule has 1 aliphatic rings. The third-order valence-electron chi connectivity index (χ3n) is 3.70. The van der Waals surface area contributed by atoms with Gasteiger partial charge in [-0.1, -0.05) is 13.8 Å². The van der Waals surface area contributed by atoms with E-state index < -0.39 is 0 Å². The molecule has 4 heteroatoms. The molecule has 0 bridgehead atoms. The number of nitrogens with zero attached hydrogens (tertiary/aromatic N) is 1. The highest BCUT2D eigenvalue weighted by Gasteiger charge is 2.24. The van der Waals surface area contributed by atoms with Crippen LogP contribution in [0, 0.1) is 11.8 Å². The number of hydrogen-bond donors (Lipinski definition) is 2. The summed E-state index contributed by atoms with van der Waals surface area (Å²) in [5, 5.41) is 3.52. The lowest BCUT2D eigenvalue weighted by Crippen LogP contribution is -2.30. The van der Waals surface area contributed by atoms with E-state index >= 15 is 0 Å². The maximum Gasteiger partial charge on any atom is 0.239 e. The largest absolute Gasteiger partial charge is 0.476 e. The van der Waals surface area contributed by atoms with Crippen molar-refractivity contribution in [2.75, 3.05) is 17.7 Å². The molecule has 0 saturated heterocycles. The number of ether oxygens (including phenoxy) is 1. The summed E-state index contributed by atoms with van der Waals surface area (Å²) in [6.07, 6.45) is 3.75. The van der Waals surface area contributed by atoms with Gasteiger partial charge in [-0.25, -0.2) is 0 Å². The molecule has 106 valence electrons. The Morgan fingerprint density at radius 1 is 1.26 bits per heavy atom. The SMILES string of the molecule is CCOc1nc(NC2CC(C)CC(C)C2)ccc1N. The van der Waals surface area contributed by atoms with Crippen LogP contribution in [0.4, 0.5) is 11.5 Å². The minimum atomic E-state index is 0.504. The van der Waals surface area contributed by atoms with Crippen LogP contribution < -0.4 is 15.8 Å². The first-order chi connectivity index (χ1) is 9.08. The summed E-state index contributed by atoms with van der Waals surface area (Å²) in [5.74, 6) is 2.95. The molecule has 3 N–H and O–H groups in total. The van der Waals surface area contributed by atoms with Crippen LogP contribution in [-0.4, -0.2) is 17.6 Å². The van der Waals surface area contributed by atoms with Gasteiger partial charge in [0.25, 0.3) is 0 Å². The summed E-state index contributed by atoms with van der Waals surface area (Å²) in [6.45, 7) is 7.17. The monoisotopic (exact) mass is 263 g/mol. The highest BCUT2D eigenvalue weighted by atomic mass is 16.5. The van der Waals surface area contributed by atoms with Crippen LogP contribution in [0.5, 0.6) is 5.88 Å². The van der Waals surface area contributed by atoms with Crippen LogP contribution in [0.1, 0.15) is 40.0 Å². The van der Waals surface area contributed by atoms with Gasteiger partial charge in [0, 0.05) is 6.04 Å². The van der Waals surface area contributed by atoms with Gasteiger partial charge in [0.05, 0.1) is 12.3 Å². The number of anilines is 2. The van der Waals surface area contributed by atoms with E-state index in [1.54, 1.807) is 0 Å². The van der Waals surface area contributed by atoms with Crippen molar-refractivity contribution in [3.05, 3.63) is 12.1 Å². The standard InChI is InChI=1S/C15H25N3O/c1-4-19-15-13(16)5-6-14(18-15)17-12-8-10(2)7-11(3)9-12/h5-6,10-12H,4,7-9,16H2,1-3H3,(H,17,18). The van der Waals surface area contributed by atoms with Crippen LogP contribution in [0.3, 0.4) is 0 Å². The average molecular weight is 263 g/mol. The molecule has 0 aliphatic heterocycles. The molecule has 1 aromatic rings. The Morgan fingerprint density at radius 2 is 1.95 bits per heavy atom. The molecule has 19 heavy (non-hydrogen) atoms. The third kappa shape index (κ3) is 3.75. The van der Waals surface area contributed by atoms with Crippen LogP contribution >= 0.6 is 0 Å². The molecule has 0 spiro atoms. The van der Waals surface area contributed by atoms with E-state index in [0.717, 1.165) is 17.7 Å². The summed E-state index contributed by atoms with van der Waals surface area (Å²) in [7, 11) is 0. The maximum absolute atomic E-state index is 5.84. The summed E-state index contributed by atoms with van der Waals surface area (Å²) in [4.78, 5) is 4.45. The van der Waals surface area contributed by atoms with Crippen molar-refractivity contribution in [3.8, 4) is 5.88 Å². The first-order valence-electron chi connectivity index (χ1n) is 7.24. The molecule has 1 aliphatic carbocycles. The zero-order chi connectivity index (χ0) is 13.8. The molecule has 4 nitrogen and oxygen atoms in total. The summed E-state index contributed by atoms with van der Waals surface area (Å²) >= 11 is 0. The zero-order valence-electron chi connectivity index (χ0n) is 12.1.